The number of nitrogens with two attached hydrogens (primary N) is 1. The molecule has 17 heavy (non-hydrogen) atoms. The monoisotopic (exact) mass is 241 g/mol. The summed E-state index contributed by atoms with van der Waals surface area (Å²) < 4.78 is 24.1. The minimum Gasteiger partial charge on any atom is -0.396 e. The van der Waals surface area contributed by atoms with Crippen LogP contribution in [0.4, 0.5) is 10.1 Å². The van der Waals surface area contributed by atoms with Crippen LogP contribution < -0.4 is 5.73 Å². The van der Waals surface area contributed by atoms with E-state index in [1.54, 1.807) is 12.1 Å². The number of ether oxygens (including phenoxy) is 2. The highest BCUT2D eigenvalue weighted by molar-refractivity contribution is 5.42. The van der Waals surface area contributed by atoms with Crippen molar-refractivity contribution in [1.29, 1.82) is 0 Å². The Morgan fingerprint density at radius 3 is 2.65 bits per heavy atom. The van der Waals surface area contributed by atoms with Crippen LogP contribution in [0.25, 0.3) is 0 Å². The second-order valence-corrected chi connectivity index (χ2v) is 4.34. The first-order chi connectivity index (χ1) is 8.11. The van der Waals surface area contributed by atoms with Gasteiger partial charge in [0.1, 0.15) is 0 Å². The minimum atomic E-state index is -0.393. The number of anilines is 1. The van der Waals surface area contributed by atoms with E-state index in [1.165, 1.54) is 6.07 Å². The maximum Gasteiger partial charge on any atom is 0.151 e. The van der Waals surface area contributed by atoms with Crippen molar-refractivity contribution in [2.24, 2.45) is 5.92 Å². The molecule has 0 bridgehead atoms. The number of halogens is 1. The van der Waals surface area contributed by atoms with E-state index in [2.05, 4.69) is 13.8 Å². The van der Waals surface area contributed by atoms with Crippen molar-refractivity contribution in [3.05, 3.63) is 29.6 Å². The summed E-state index contributed by atoms with van der Waals surface area (Å²) in [5.41, 5.74) is 6.09. The maximum atomic E-state index is 13.4. The number of hydrogen-bond acceptors (Lipinski definition) is 3. The topological polar surface area (TPSA) is 44.5 Å². The third kappa shape index (κ3) is 5.15. The van der Waals surface area contributed by atoms with Crippen LogP contribution in [0.2, 0.25) is 0 Å². The van der Waals surface area contributed by atoms with Gasteiger partial charge in [-0.05, 0) is 12.0 Å². The van der Waals surface area contributed by atoms with Gasteiger partial charge in [-0.15, -0.1) is 0 Å². The van der Waals surface area contributed by atoms with Crippen molar-refractivity contribution in [2.45, 2.75) is 20.5 Å². The third-order valence-corrected chi connectivity index (χ3v) is 2.19. The summed E-state index contributed by atoms with van der Waals surface area (Å²) >= 11 is 0. The standard InChI is InChI=1S/C13H20FNO2/c1-10(2)8-16-6-7-17-9-11-4-3-5-12(15)13(11)14/h3-5,10H,6-9,15H2,1-2H3. The van der Waals surface area contributed by atoms with Gasteiger partial charge in [-0.1, -0.05) is 26.0 Å². The summed E-state index contributed by atoms with van der Waals surface area (Å²) in [7, 11) is 0. The fourth-order valence-electron chi connectivity index (χ4n) is 1.33. The fraction of sp³-hybridized carbons (Fsp3) is 0.538. The summed E-state index contributed by atoms with van der Waals surface area (Å²) in [6.45, 7) is 6.10. The van der Waals surface area contributed by atoms with E-state index in [1.807, 2.05) is 0 Å². The zero-order valence-electron chi connectivity index (χ0n) is 10.4. The number of benzene rings is 1. The predicted octanol–water partition coefficient (Wildman–Crippen LogP) is 2.60. The molecule has 0 aromatic heterocycles. The Morgan fingerprint density at radius 1 is 1.24 bits per heavy atom. The first-order valence-electron chi connectivity index (χ1n) is 5.79. The molecule has 0 heterocycles. The van der Waals surface area contributed by atoms with Crippen LogP contribution in [0.15, 0.2) is 18.2 Å². The normalized spacial score (nSPS) is 11.1. The summed E-state index contributed by atoms with van der Waals surface area (Å²) in [4.78, 5) is 0. The molecule has 0 fully saturated rings. The Bertz CT molecular complexity index is 342. The molecule has 0 saturated heterocycles. The zero-order chi connectivity index (χ0) is 12.7. The van der Waals surface area contributed by atoms with Gasteiger partial charge in [-0.2, -0.15) is 0 Å². The van der Waals surface area contributed by atoms with Gasteiger partial charge in [0.05, 0.1) is 25.5 Å². The second kappa shape index (κ2) is 7.25. The molecular formula is C13H20FNO2. The summed E-state index contributed by atoms with van der Waals surface area (Å²) in [5.74, 6) is 0.122. The molecule has 2 N–H and O–H groups in total. The quantitative estimate of drug-likeness (QED) is 0.589. The van der Waals surface area contributed by atoms with Crippen LogP contribution in [0.5, 0.6) is 0 Å². The Hall–Kier alpha value is -1.13. The molecule has 0 atom stereocenters. The van der Waals surface area contributed by atoms with Crippen molar-refractivity contribution in [3.63, 3.8) is 0 Å². The molecule has 0 unspecified atom stereocenters. The number of hydrogen-bond donors (Lipinski definition) is 1. The number of nitrogen functional groups attached to an aromatic ring is 1. The van der Waals surface area contributed by atoms with E-state index < -0.39 is 5.82 Å². The Labute approximate surface area is 102 Å². The SMILES string of the molecule is CC(C)COCCOCc1cccc(N)c1F. The van der Waals surface area contributed by atoms with Gasteiger partial charge in [-0.25, -0.2) is 4.39 Å². The Balaban J connectivity index is 2.20. The van der Waals surface area contributed by atoms with Crippen LogP contribution in [-0.2, 0) is 16.1 Å². The predicted molar refractivity (Wildman–Crippen MR) is 66.1 cm³/mol. The van der Waals surface area contributed by atoms with E-state index >= 15 is 0 Å². The lowest BCUT2D eigenvalue weighted by Gasteiger charge is -2.08. The largest absolute Gasteiger partial charge is 0.396 e. The molecule has 0 radical (unpaired) electrons. The van der Waals surface area contributed by atoms with Gasteiger partial charge < -0.3 is 15.2 Å². The highest BCUT2D eigenvalue weighted by Crippen LogP contribution is 2.15. The molecule has 1 aromatic carbocycles. The van der Waals surface area contributed by atoms with Gasteiger partial charge in [0.15, 0.2) is 5.82 Å². The van der Waals surface area contributed by atoms with Crippen LogP contribution in [0.1, 0.15) is 19.4 Å². The molecule has 0 saturated carbocycles. The molecule has 0 aliphatic rings. The smallest absolute Gasteiger partial charge is 0.151 e. The Kier molecular flexibility index (Phi) is 5.94. The zero-order valence-corrected chi connectivity index (χ0v) is 10.4. The summed E-state index contributed by atoms with van der Waals surface area (Å²) in [6, 6.07) is 4.91. The van der Waals surface area contributed by atoms with E-state index in [9.17, 15) is 4.39 Å². The molecule has 0 spiro atoms. The van der Waals surface area contributed by atoms with Crippen molar-refractivity contribution in [2.75, 3.05) is 25.6 Å². The molecule has 96 valence electrons. The minimum absolute atomic E-state index is 0.155. The van der Waals surface area contributed by atoms with Gasteiger partial charge >= 0.3 is 0 Å². The maximum absolute atomic E-state index is 13.4. The first-order valence-corrected chi connectivity index (χ1v) is 5.79. The van der Waals surface area contributed by atoms with Crippen molar-refractivity contribution < 1.29 is 13.9 Å². The average Bonchev–Trinajstić information content (AvgIpc) is 2.28. The van der Waals surface area contributed by atoms with Crippen LogP contribution in [0, 0.1) is 11.7 Å². The van der Waals surface area contributed by atoms with Crippen LogP contribution in [0.3, 0.4) is 0 Å². The molecule has 0 aliphatic heterocycles. The molecule has 1 aromatic rings. The second-order valence-electron chi connectivity index (χ2n) is 4.34. The average molecular weight is 241 g/mol. The van der Waals surface area contributed by atoms with Gasteiger partial charge in [0.2, 0.25) is 0 Å². The van der Waals surface area contributed by atoms with Crippen molar-refractivity contribution in [3.8, 4) is 0 Å². The number of rotatable bonds is 7. The fourth-order valence-corrected chi connectivity index (χ4v) is 1.33. The van der Waals surface area contributed by atoms with E-state index in [0.717, 1.165) is 6.61 Å². The highest BCUT2D eigenvalue weighted by atomic mass is 19.1. The molecule has 0 aliphatic carbocycles. The van der Waals surface area contributed by atoms with Gasteiger partial charge in [0.25, 0.3) is 0 Å². The Morgan fingerprint density at radius 2 is 1.94 bits per heavy atom. The molecule has 3 nitrogen and oxygen atoms in total. The van der Waals surface area contributed by atoms with Crippen molar-refractivity contribution in [1.82, 2.24) is 0 Å². The highest BCUT2D eigenvalue weighted by Gasteiger charge is 2.04. The molecular weight excluding hydrogens is 221 g/mol. The summed E-state index contributed by atoms with van der Waals surface area (Å²) in [5, 5.41) is 0. The lowest BCUT2D eigenvalue weighted by Crippen LogP contribution is -2.09. The first kappa shape index (κ1) is 13.9. The molecule has 0 amide bonds. The van der Waals surface area contributed by atoms with Gasteiger partial charge in [0, 0.05) is 12.2 Å². The lowest BCUT2D eigenvalue weighted by molar-refractivity contribution is 0.0307. The van der Waals surface area contributed by atoms with E-state index in [0.29, 0.717) is 24.7 Å². The lowest BCUT2D eigenvalue weighted by atomic mass is 10.2. The van der Waals surface area contributed by atoms with Crippen LogP contribution in [-0.4, -0.2) is 19.8 Å². The summed E-state index contributed by atoms with van der Waals surface area (Å²) in [6.07, 6.45) is 0. The molecule has 4 heteroatoms. The van der Waals surface area contributed by atoms with E-state index in [-0.39, 0.29) is 12.3 Å². The van der Waals surface area contributed by atoms with Crippen LogP contribution >= 0.6 is 0 Å². The molecule has 1 rings (SSSR count). The van der Waals surface area contributed by atoms with Crippen molar-refractivity contribution >= 4 is 5.69 Å². The van der Waals surface area contributed by atoms with Gasteiger partial charge in [-0.3, -0.25) is 0 Å². The third-order valence-electron chi connectivity index (χ3n) is 2.19. The van der Waals surface area contributed by atoms with E-state index in [4.69, 9.17) is 15.2 Å².